The summed E-state index contributed by atoms with van der Waals surface area (Å²) in [5.74, 6) is 0. The van der Waals surface area contributed by atoms with Crippen LogP contribution in [0.2, 0.25) is 0 Å². The Morgan fingerprint density at radius 1 is 0.457 bits per heavy atom. The second kappa shape index (κ2) is 11.0. The Bertz CT molecular complexity index is 3280. The van der Waals surface area contributed by atoms with Gasteiger partial charge in [0.25, 0.3) is 0 Å². The van der Waals surface area contributed by atoms with Crippen molar-refractivity contribution in [3.05, 3.63) is 176 Å². The van der Waals surface area contributed by atoms with Gasteiger partial charge in [-0.25, -0.2) is 0 Å². The van der Waals surface area contributed by atoms with E-state index in [0.29, 0.717) is 11.4 Å². The molecular weight excluding hydrogens is 575 g/mol. The number of hydrogen-bond acceptors (Lipinski definition) is 2. The van der Waals surface area contributed by atoms with E-state index in [0.717, 1.165) is 37.0 Å². The molecule has 46 heavy (non-hydrogen) atoms. The fourth-order valence-electron chi connectivity index (χ4n) is 5.88. The van der Waals surface area contributed by atoms with Crippen LogP contribution in [-0.2, 0) is 0 Å². The first kappa shape index (κ1) is 16.0. The molecule has 1 heterocycles. The summed E-state index contributed by atoms with van der Waals surface area (Å²) < 4.78 is 127. The quantitative estimate of drug-likeness (QED) is 0.186. The zero-order valence-corrected chi connectivity index (χ0v) is 24.8. The monoisotopic (exact) mass is 617 g/mol. The van der Waals surface area contributed by atoms with Gasteiger partial charge in [-0.1, -0.05) is 127 Å². The van der Waals surface area contributed by atoms with Crippen LogP contribution in [0.3, 0.4) is 0 Å². The number of fused-ring (bicyclic) bond motifs is 5. The van der Waals surface area contributed by atoms with Gasteiger partial charge in [0.1, 0.15) is 0 Å². The van der Waals surface area contributed by atoms with Crippen molar-refractivity contribution in [1.82, 2.24) is 0 Å². The van der Waals surface area contributed by atoms with Crippen molar-refractivity contribution in [2.75, 3.05) is 4.90 Å². The molecular formula is C44H29NS. The molecule has 0 fully saturated rings. The Kier molecular flexibility index (Phi) is 3.84. The molecule has 1 aromatic heterocycles. The van der Waals surface area contributed by atoms with Gasteiger partial charge >= 0.3 is 0 Å². The van der Waals surface area contributed by atoms with Crippen LogP contribution in [0, 0.1) is 0 Å². The minimum atomic E-state index is -0.722. The molecule has 0 saturated carbocycles. The van der Waals surface area contributed by atoms with E-state index in [4.69, 9.17) is 11.0 Å². The second-order valence-corrected chi connectivity index (χ2v) is 11.7. The third kappa shape index (κ3) is 4.54. The first-order chi connectivity index (χ1) is 28.6. The summed E-state index contributed by atoms with van der Waals surface area (Å²) in [4.78, 5) is 1.67. The maximum Gasteiger partial charge on any atom is 0.0645 e. The van der Waals surface area contributed by atoms with E-state index >= 15 is 0 Å². The van der Waals surface area contributed by atoms with Gasteiger partial charge in [-0.15, -0.1) is 11.3 Å². The lowest BCUT2D eigenvalue weighted by Gasteiger charge is -2.27. The van der Waals surface area contributed by atoms with Crippen LogP contribution in [0.4, 0.5) is 17.1 Å². The summed E-state index contributed by atoms with van der Waals surface area (Å²) >= 11 is 1.58. The molecule has 0 saturated heterocycles. The van der Waals surface area contributed by atoms with Crippen LogP contribution in [0.1, 0.15) is 19.2 Å². The van der Waals surface area contributed by atoms with Gasteiger partial charge in [0.15, 0.2) is 0 Å². The molecule has 8 aromatic carbocycles. The number of benzene rings is 8. The number of anilines is 3. The van der Waals surface area contributed by atoms with Crippen molar-refractivity contribution in [2.24, 2.45) is 0 Å². The molecule has 0 N–H and O–H groups in total. The van der Waals surface area contributed by atoms with Gasteiger partial charge in [0, 0.05) is 36.9 Å². The lowest BCUT2D eigenvalue weighted by atomic mass is 9.93. The molecule has 0 spiro atoms. The van der Waals surface area contributed by atoms with Gasteiger partial charge in [-0.3, -0.25) is 0 Å². The molecule has 0 unspecified atom stereocenters. The number of nitrogens with zero attached hydrogens (tertiary/aromatic N) is 1. The highest BCUT2D eigenvalue weighted by Crippen LogP contribution is 2.43. The van der Waals surface area contributed by atoms with Crippen molar-refractivity contribution in [1.29, 1.82) is 0 Å². The van der Waals surface area contributed by atoms with E-state index in [1.54, 1.807) is 16.2 Å². The van der Waals surface area contributed by atoms with E-state index in [9.17, 15) is 8.22 Å². The smallest absolute Gasteiger partial charge is 0.0645 e. The van der Waals surface area contributed by atoms with Crippen LogP contribution in [0.25, 0.3) is 64.0 Å². The van der Waals surface area contributed by atoms with Gasteiger partial charge in [0.05, 0.1) is 24.9 Å². The van der Waals surface area contributed by atoms with Crippen molar-refractivity contribution < 1.29 is 19.2 Å². The van der Waals surface area contributed by atoms with E-state index in [-0.39, 0.29) is 22.0 Å². The van der Waals surface area contributed by atoms with Gasteiger partial charge in [-0.05, 0) is 86.8 Å². The summed E-state index contributed by atoms with van der Waals surface area (Å²) in [6, 6.07) is 19.2. The predicted molar refractivity (Wildman–Crippen MR) is 200 cm³/mol. The SMILES string of the molecule is [2H]c1cc2c(-c3c([2H])c([2H])c([2H])c([2H])c3[2H])c([2H])c(-c3c([2H])c([2H])c(N(c4ccc5c(c4)sc4ccccc45)c4cccc5ccccc45)c([2H])c3[2H])c([2H])c2c([2H])c1[2H]. The standard InChI is InChI=1S/C44H29NS/c1-2-11-32(12-3-1)41-28-34(27-33-14-5-6-16-37(33)41)30-21-23-35(24-22-30)45(42-19-10-15-31-13-4-7-17-38(31)42)36-25-26-40-39-18-8-9-20-43(39)46-44(40)29-36/h1-29H/i1D,2D,3D,5D,6D,11D,12D,14D,21D,22D,23D,24D,27D,28D. The highest BCUT2D eigenvalue weighted by molar-refractivity contribution is 7.25. The maximum atomic E-state index is 9.61. The number of thiophene rings is 1. The van der Waals surface area contributed by atoms with E-state index in [1.807, 2.05) is 84.9 Å². The molecule has 1 nitrogen and oxygen atoms in total. The maximum absolute atomic E-state index is 9.61. The van der Waals surface area contributed by atoms with Crippen LogP contribution in [-0.4, -0.2) is 0 Å². The zero-order valence-electron chi connectivity index (χ0n) is 38.0. The van der Waals surface area contributed by atoms with Crippen LogP contribution >= 0.6 is 11.3 Å². The molecule has 0 radical (unpaired) electrons. The Labute approximate surface area is 291 Å². The summed E-state index contributed by atoms with van der Waals surface area (Å²) in [6.45, 7) is 0. The normalized spacial score (nSPS) is 15.7. The van der Waals surface area contributed by atoms with Crippen LogP contribution in [0.5, 0.6) is 0 Å². The minimum absolute atomic E-state index is 0.122. The average Bonchev–Trinajstić information content (AvgIpc) is 3.62. The summed E-state index contributed by atoms with van der Waals surface area (Å²) in [6.07, 6.45) is 0. The zero-order chi connectivity index (χ0) is 42.6. The molecule has 9 aromatic rings. The molecule has 0 aliphatic heterocycles. The first-order valence-corrected chi connectivity index (χ1v) is 15.4. The molecule has 0 aliphatic rings. The van der Waals surface area contributed by atoms with Crippen LogP contribution < -0.4 is 4.90 Å². The number of hydrogen-bond donors (Lipinski definition) is 0. The fraction of sp³-hybridized carbons (Fsp3) is 0. The molecule has 0 aliphatic carbocycles. The van der Waals surface area contributed by atoms with E-state index in [1.165, 1.54) is 0 Å². The van der Waals surface area contributed by atoms with E-state index < -0.39 is 101 Å². The third-order valence-corrected chi connectivity index (χ3v) is 9.11. The van der Waals surface area contributed by atoms with Crippen LogP contribution in [0.15, 0.2) is 176 Å². The van der Waals surface area contributed by atoms with Gasteiger partial charge < -0.3 is 4.90 Å². The molecule has 0 bridgehead atoms. The number of rotatable bonds is 5. The highest BCUT2D eigenvalue weighted by Gasteiger charge is 2.17. The predicted octanol–water partition coefficient (Wildman–Crippen LogP) is 13.2. The molecule has 9 rings (SSSR count). The Morgan fingerprint density at radius 2 is 1.22 bits per heavy atom. The summed E-state index contributed by atoms with van der Waals surface area (Å²) in [5, 5.41) is 3.20. The minimum Gasteiger partial charge on any atom is -0.310 e. The summed E-state index contributed by atoms with van der Waals surface area (Å²) in [7, 11) is 0. The van der Waals surface area contributed by atoms with Crippen molar-refractivity contribution >= 4 is 70.1 Å². The topological polar surface area (TPSA) is 3.24 Å². The van der Waals surface area contributed by atoms with Crippen molar-refractivity contribution in [3.63, 3.8) is 0 Å². The van der Waals surface area contributed by atoms with Gasteiger partial charge in [-0.2, -0.15) is 0 Å². The van der Waals surface area contributed by atoms with Crippen molar-refractivity contribution in [3.8, 4) is 22.3 Å². The molecule has 0 amide bonds. The largest absolute Gasteiger partial charge is 0.310 e. The fourth-order valence-corrected chi connectivity index (χ4v) is 7.02. The third-order valence-electron chi connectivity index (χ3n) is 7.98. The molecule has 2 heteroatoms. The molecule has 0 atom stereocenters. The lowest BCUT2D eigenvalue weighted by Crippen LogP contribution is -2.10. The average molecular weight is 618 g/mol. The Balaban J connectivity index is 1.38. The Morgan fingerprint density at radius 3 is 2.11 bits per heavy atom. The molecule has 216 valence electrons. The van der Waals surface area contributed by atoms with Gasteiger partial charge in [0.2, 0.25) is 0 Å². The lowest BCUT2D eigenvalue weighted by molar-refractivity contribution is 1.30. The van der Waals surface area contributed by atoms with E-state index in [2.05, 4.69) is 0 Å². The second-order valence-electron chi connectivity index (χ2n) is 10.7. The van der Waals surface area contributed by atoms with Crippen molar-refractivity contribution in [2.45, 2.75) is 0 Å². The summed E-state index contributed by atoms with van der Waals surface area (Å²) in [5.41, 5.74) is -0.844. The Hall–Kier alpha value is -5.70. The first-order valence-electron chi connectivity index (χ1n) is 21.5. The highest BCUT2D eigenvalue weighted by atomic mass is 32.1.